The molecule has 0 aliphatic carbocycles. The lowest BCUT2D eigenvalue weighted by Gasteiger charge is -2.06. The number of thioether (sulfide) groups is 1. The van der Waals surface area contributed by atoms with Crippen molar-refractivity contribution in [3.63, 3.8) is 0 Å². The molecule has 1 aromatic heterocycles. The van der Waals surface area contributed by atoms with Crippen molar-refractivity contribution in [2.24, 2.45) is 0 Å². The minimum Gasteiger partial charge on any atom is -0.398 e. The Bertz CT molecular complexity index is 514. The lowest BCUT2D eigenvalue weighted by molar-refractivity contribution is 1.26. The van der Waals surface area contributed by atoms with E-state index in [0.717, 1.165) is 26.4 Å². The van der Waals surface area contributed by atoms with E-state index in [9.17, 15) is 0 Å². The maximum Gasteiger partial charge on any atom is 0.123 e. The quantitative estimate of drug-likeness (QED) is 0.674. The second-order valence-corrected chi connectivity index (χ2v) is 5.49. The Balaban J connectivity index is 2.07. The van der Waals surface area contributed by atoms with Crippen LogP contribution >= 0.6 is 27.7 Å². The molecule has 2 aromatic rings. The van der Waals surface area contributed by atoms with Gasteiger partial charge in [-0.3, -0.25) is 0 Å². The molecule has 0 saturated carbocycles. The standard InChI is InChI=1S/C12H12BrN3S/c13-9-2-3-10(14)11(5-9)17-7-8-1-4-12(15)16-6-8/h1-6H,7,14H2,(H2,15,16). The molecule has 1 aromatic carbocycles. The summed E-state index contributed by atoms with van der Waals surface area (Å²) in [5.41, 5.74) is 13.4. The topological polar surface area (TPSA) is 64.9 Å². The first-order chi connectivity index (χ1) is 8.15. The van der Waals surface area contributed by atoms with Crippen LogP contribution in [0.5, 0.6) is 0 Å². The van der Waals surface area contributed by atoms with Crippen LogP contribution in [0.3, 0.4) is 0 Å². The number of aromatic nitrogens is 1. The van der Waals surface area contributed by atoms with Crippen LogP contribution < -0.4 is 11.5 Å². The van der Waals surface area contributed by atoms with E-state index in [4.69, 9.17) is 11.5 Å². The minimum absolute atomic E-state index is 0.542. The Hall–Kier alpha value is -1.20. The molecule has 0 amide bonds. The molecule has 4 N–H and O–H groups in total. The predicted octanol–water partition coefficient (Wildman–Crippen LogP) is 3.30. The first-order valence-corrected chi connectivity index (χ1v) is 6.81. The molecule has 0 unspecified atom stereocenters. The van der Waals surface area contributed by atoms with Gasteiger partial charge in [0.2, 0.25) is 0 Å². The molecule has 3 nitrogen and oxygen atoms in total. The number of halogens is 1. The number of hydrogen-bond donors (Lipinski definition) is 2. The number of nitrogens with two attached hydrogens (primary N) is 2. The first kappa shape index (κ1) is 12.3. The first-order valence-electron chi connectivity index (χ1n) is 5.03. The molecule has 5 heteroatoms. The molecule has 0 atom stereocenters. The van der Waals surface area contributed by atoms with Crippen LogP contribution in [0.4, 0.5) is 11.5 Å². The maximum absolute atomic E-state index is 5.90. The number of rotatable bonds is 3. The Kier molecular flexibility index (Phi) is 3.91. The van der Waals surface area contributed by atoms with E-state index >= 15 is 0 Å². The third-order valence-corrected chi connectivity index (χ3v) is 3.85. The van der Waals surface area contributed by atoms with Gasteiger partial charge in [-0.25, -0.2) is 4.98 Å². The van der Waals surface area contributed by atoms with E-state index in [0.29, 0.717) is 5.82 Å². The van der Waals surface area contributed by atoms with Crippen LogP contribution in [0.25, 0.3) is 0 Å². The highest BCUT2D eigenvalue weighted by Gasteiger charge is 2.02. The number of nitrogens with zero attached hydrogens (tertiary/aromatic N) is 1. The fraction of sp³-hybridized carbons (Fsp3) is 0.0833. The molecule has 88 valence electrons. The Morgan fingerprint density at radius 2 is 2.00 bits per heavy atom. The highest BCUT2D eigenvalue weighted by molar-refractivity contribution is 9.10. The van der Waals surface area contributed by atoms with Crippen molar-refractivity contribution in [3.8, 4) is 0 Å². The second kappa shape index (κ2) is 5.42. The molecule has 0 spiro atoms. The maximum atomic E-state index is 5.90. The van der Waals surface area contributed by atoms with Gasteiger partial charge in [0, 0.05) is 27.0 Å². The smallest absolute Gasteiger partial charge is 0.123 e. The zero-order valence-electron chi connectivity index (χ0n) is 9.06. The third-order valence-electron chi connectivity index (χ3n) is 2.22. The summed E-state index contributed by atoms with van der Waals surface area (Å²) in [4.78, 5) is 5.12. The summed E-state index contributed by atoms with van der Waals surface area (Å²) in [6.45, 7) is 0. The fourth-order valence-corrected chi connectivity index (χ4v) is 2.77. The van der Waals surface area contributed by atoms with Crippen molar-refractivity contribution < 1.29 is 0 Å². The van der Waals surface area contributed by atoms with Crippen molar-refractivity contribution in [1.29, 1.82) is 0 Å². The van der Waals surface area contributed by atoms with Crippen molar-refractivity contribution >= 4 is 39.2 Å². The highest BCUT2D eigenvalue weighted by atomic mass is 79.9. The summed E-state index contributed by atoms with van der Waals surface area (Å²) >= 11 is 5.12. The van der Waals surface area contributed by atoms with Gasteiger partial charge in [-0.1, -0.05) is 22.0 Å². The van der Waals surface area contributed by atoms with E-state index in [1.165, 1.54) is 0 Å². The number of pyridine rings is 1. The number of anilines is 2. The fourth-order valence-electron chi connectivity index (χ4n) is 1.32. The molecule has 0 aliphatic rings. The van der Waals surface area contributed by atoms with E-state index in [2.05, 4.69) is 20.9 Å². The number of nitrogen functional groups attached to an aromatic ring is 2. The molecular formula is C12H12BrN3S. The van der Waals surface area contributed by atoms with Gasteiger partial charge in [0.1, 0.15) is 5.82 Å². The molecule has 0 radical (unpaired) electrons. The summed E-state index contributed by atoms with van der Waals surface area (Å²) in [5, 5.41) is 0. The van der Waals surface area contributed by atoms with Crippen molar-refractivity contribution in [2.75, 3.05) is 11.5 Å². The van der Waals surface area contributed by atoms with Crippen molar-refractivity contribution in [1.82, 2.24) is 4.98 Å². The molecule has 0 fully saturated rings. The average molecular weight is 310 g/mol. The van der Waals surface area contributed by atoms with Crippen LogP contribution in [0.2, 0.25) is 0 Å². The summed E-state index contributed by atoms with van der Waals surface area (Å²) in [5.74, 6) is 1.37. The molecule has 0 aliphatic heterocycles. The average Bonchev–Trinajstić information content (AvgIpc) is 2.32. The summed E-state index contributed by atoms with van der Waals surface area (Å²) in [6, 6.07) is 9.63. The Morgan fingerprint density at radius 1 is 1.18 bits per heavy atom. The lowest BCUT2D eigenvalue weighted by atomic mass is 10.3. The van der Waals surface area contributed by atoms with Gasteiger partial charge in [-0.05, 0) is 29.8 Å². The molecular weight excluding hydrogens is 298 g/mol. The highest BCUT2D eigenvalue weighted by Crippen LogP contribution is 2.30. The monoisotopic (exact) mass is 309 g/mol. The summed E-state index contributed by atoms with van der Waals surface area (Å²) in [7, 11) is 0. The third kappa shape index (κ3) is 3.38. The molecule has 17 heavy (non-hydrogen) atoms. The van der Waals surface area contributed by atoms with Crippen molar-refractivity contribution in [2.45, 2.75) is 10.6 Å². The zero-order valence-corrected chi connectivity index (χ0v) is 11.5. The largest absolute Gasteiger partial charge is 0.398 e. The van der Waals surface area contributed by atoms with Crippen molar-refractivity contribution in [3.05, 3.63) is 46.6 Å². The second-order valence-electron chi connectivity index (χ2n) is 3.56. The molecule has 2 rings (SSSR count). The summed E-state index contributed by atoms with van der Waals surface area (Å²) in [6.07, 6.45) is 1.79. The van der Waals surface area contributed by atoms with Gasteiger partial charge in [0.25, 0.3) is 0 Å². The van der Waals surface area contributed by atoms with Crippen LogP contribution in [-0.2, 0) is 5.75 Å². The van der Waals surface area contributed by atoms with Crippen LogP contribution in [0.15, 0.2) is 45.9 Å². The Labute approximate surface area is 113 Å². The molecule has 1 heterocycles. The predicted molar refractivity (Wildman–Crippen MR) is 76.8 cm³/mol. The lowest BCUT2D eigenvalue weighted by Crippen LogP contribution is -1.91. The minimum atomic E-state index is 0.542. The van der Waals surface area contributed by atoms with Gasteiger partial charge in [-0.15, -0.1) is 11.8 Å². The SMILES string of the molecule is Nc1ccc(CSc2cc(Br)ccc2N)cn1. The number of benzene rings is 1. The van der Waals surface area contributed by atoms with E-state index in [-0.39, 0.29) is 0 Å². The van der Waals surface area contributed by atoms with E-state index in [1.807, 2.05) is 24.3 Å². The van der Waals surface area contributed by atoms with Crippen LogP contribution in [0, 0.1) is 0 Å². The van der Waals surface area contributed by atoms with Gasteiger partial charge < -0.3 is 11.5 Å². The molecule has 0 bridgehead atoms. The molecule has 0 saturated heterocycles. The van der Waals surface area contributed by atoms with Gasteiger partial charge >= 0.3 is 0 Å². The van der Waals surface area contributed by atoms with E-state index < -0.39 is 0 Å². The normalized spacial score (nSPS) is 10.4. The van der Waals surface area contributed by atoms with Crippen LogP contribution in [-0.4, -0.2) is 4.98 Å². The summed E-state index contributed by atoms with van der Waals surface area (Å²) < 4.78 is 1.03. The van der Waals surface area contributed by atoms with Gasteiger partial charge in [0.15, 0.2) is 0 Å². The van der Waals surface area contributed by atoms with Crippen LogP contribution in [0.1, 0.15) is 5.56 Å². The number of hydrogen-bond acceptors (Lipinski definition) is 4. The van der Waals surface area contributed by atoms with Gasteiger partial charge in [-0.2, -0.15) is 0 Å². The zero-order chi connectivity index (χ0) is 12.3. The Morgan fingerprint density at radius 3 is 2.71 bits per heavy atom. The van der Waals surface area contributed by atoms with Gasteiger partial charge in [0.05, 0.1) is 0 Å². The van der Waals surface area contributed by atoms with E-state index in [1.54, 1.807) is 24.0 Å².